The fraction of sp³-hybridized carbons (Fsp3) is 0.444. The first-order valence-corrected chi connectivity index (χ1v) is 9.43. The normalized spacial score (nSPS) is 15.0. The number of aryl methyl sites for hydroxylation is 1. The van der Waals surface area contributed by atoms with Gasteiger partial charge in [0.05, 0.1) is 12.2 Å². The third-order valence-corrected chi connectivity index (χ3v) is 5.04. The molecule has 0 unspecified atom stereocenters. The van der Waals surface area contributed by atoms with Crippen molar-refractivity contribution in [2.45, 2.75) is 20.4 Å². The lowest BCUT2D eigenvalue weighted by atomic mass is 10.2. The van der Waals surface area contributed by atoms with Gasteiger partial charge in [-0.15, -0.1) is 35.3 Å². The van der Waals surface area contributed by atoms with Gasteiger partial charge in [-0.25, -0.2) is 14.4 Å². The molecule has 1 aliphatic rings. The van der Waals surface area contributed by atoms with Gasteiger partial charge in [0.15, 0.2) is 5.96 Å². The van der Waals surface area contributed by atoms with Crippen LogP contribution in [0.4, 0.5) is 10.1 Å². The molecule has 1 aromatic carbocycles. The van der Waals surface area contributed by atoms with Crippen molar-refractivity contribution in [2.24, 2.45) is 4.99 Å². The number of aliphatic imine (C=N–C) groups is 1. The number of guanidine groups is 1. The van der Waals surface area contributed by atoms with Crippen LogP contribution in [-0.2, 0) is 6.54 Å². The first-order chi connectivity index (χ1) is 12.2. The largest absolute Gasteiger partial charge is 0.366 e. The second-order valence-corrected chi connectivity index (χ2v) is 7.28. The second kappa shape index (κ2) is 10.1. The quantitative estimate of drug-likeness (QED) is 0.406. The number of halogens is 2. The standard InChI is InChI=1S/C18H24FN5S.HI/c1-3-20-18(22-13-17-21-12-14(2)25-17)24-10-8-23(9-11-24)16-7-5-4-6-15(16)19;/h4-7,12H,3,8-11,13H2,1-2H3,(H,20,22);1H. The fourth-order valence-electron chi connectivity index (χ4n) is 2.91. The van der Waals surface area contributed by atoms with Gasteiger partial charge in [-0.1, -0.05) is 12.1 Å². The van der Waals surface area contributed by atoms with Crippen molar-refractivity contribution in [1.29, 1.82) is 0 Å². The molecule has 0 saturated carbocycles. The summed E-state index contributed by atoms with van der Waals surface area (Å²) in [5.74, 6) is 0.749. The molecule has 0 bridgehead atoms. The first kappa shape index (κ1) is 20.9. The Morgan fingerprint density at radius 2 is 2.00 bits per heavy atom. The third kappa shape index (κ3) is 5.29. The van der Waals surface area contributed by atoms with E-state index in [1.807, 2.05) is 18.3 Å². The molecule has 0 radical (unpaired) electrons. The van der Waals surface area contributed by atoms with Crippen LogP contribution in [0, 0.1) is 12.7 Å². The maximum absolute atomic E-state index is 14.0. The molecule has 1 aliphatic heterocycles. The Labute approximate surface area is 175 Å². The van der Waals surface area contributed by atoms with Gasteiger partial charge >= 0.3 is 0 Å². The number of benzene rings is 1. The lowest BCUT2D eigenvalue weighted by molar-refractivity contribution is 0.370. The van der Waals surface area contributed by atoms with E-state index in [2.05, 4.69) is 33.9 Å². The lowest BCUT2D eigenvalue weighted by Crippen LogP contribution is -2.52. The Bertz CT molecular complexity index is 728. The van der Waals surface area contributed by atoms with E-state index in [0.29, 0.717) is 12.2 Å². The molecule has 1 fully saturated rings. The van der Waals surface area contributed by atoms with Gasteiger partial charge in [-0.2, -0.15) is 0 Å². The molecular formula is C18H25FIN5S. The zero-order chi connectivity index (χ0) is 17.6. The van der Waals surface area contributed by atoms with E-state index in [0.717, 1.165) is 43.7 Å². The highest BCUT2D eigenvalue weighted by molar-refractivity contribution is 14.0. The maximum atomic E-state index is 14.0. The molecule has 5 nitrogen and oxygen atoms in total. The van der Waals surface area contributed by atoms with E-state index in [1.165, 1.54) is 10.9 Å². The third-order valence-electron chi connectivity index (χ3n) is 4.14. The number of thiazole rings is 1. The van der Waals surface area contributed by atoms with E-state index in [9.17, 15) is 4.39 Å². The van der Waals surface area contributed by atoms with Crippen molar-refractivity contribution in [3.63, 3.8) is 0 Å². The molecule has 1 N–H and O–H groups in total. The predicted octanol–water partition coefficient (Wildman–Crippen LogP) is 3.50. The van der Waals surface area contributed by atoms with Crippen molar-refractivity contribution in [3.8, 4) is 0 Å². The molecule has 0 aliphatic carbocycles. The Morgan fingerprint density at radius 3 is 2.62 bits per heavy atom. The summed E-state index contributed by atoms with van der Waals surface area (Å²) in [6, 6.07) is 6.97. The van der Waals surface area contributed by atoms with E-state index >= 15 is 0 Å². The van der Waals surface area contributed by atoms with Gasteiger partial charge in [0.25, 0.3) is 0 Å². The smallest absolute Gasteiger partial charge is 0.194 e. The number of para-hydroxylation sites is 1. The Hall–Kier alpha value is -1.42. The van der Waals surface area contributed by atoms with Crippen molar-refractivity contribution in [3.05, 3.63) is 46.2 Å². The van der Waals surface area contributed by atoms with Crippen LogP contribution in [-0.4, -0.2) is 48.6 Å². The van der Waals surface area contributed by atoms with Crippen LogP contribution in [0.25, 0.3) is 0 Å². The van der Waals surface area contributed by atoms with Crippen LogP contribution >= 0.6 is 35.3 Å². The zero-order valence-electron chi connectivity index (χ0n) is 15.1. The van der Waals surface area contributed by atoms with Gasteiger partial charge in [-0.3, -0.25) is 0 Å². The van der Waals surface area contributed by atoms with E-state index in [1.54, 1.807) is 17.4 Å². The summed E-state index contributed by atoms with van der Waals surface area (Å²) in [5.41, 5.74) is 0.683. The van der Waals surface area contributed by atoms with E-state index in [4.69, 9.17) is 4.99 Å². The van der Waals surface area contributed by atoms with Gasteiger partial charge in [0.1, 0.15) is 10.8 Å². The number of aromatic nitrogens is 1. The summed E-state index contributed by atoms with van der Waals surface area (Å²) in [6.45, 7) is 8.73. The molecule has 0 spiro atoms. The number of anilines is 1. The van der Waals surface area contributed by atoms with Crippen LogP contribution in [0.15, 0.2) is 35.5 Å². The molecule has 2 aromatic rings. The van der Waals surface area contributed by atoms with Crippen molar-refractivity contribution in [2.75, 3.05) is 37.6 Å². The Kier molecular flexibility index (Phi) is 8.08. The van der Waals surface area contributed by atoms with Gasteiger partial charge in [0.2, 0.25) is 0 Å². The number of rotatable bonds is 4. The minimum atomic E-state index is -0.157. The van der Waals surface area contributed by atoms with Crippen LogP contribution in [0.5, 0.6) is 0 Å². The molecule has 3 rings (SSSR count). The molecule has 1 aromatic heterocycles. The number of nitrogens with zero attached hydrogens (tertiary/aromatic N) is 4. The van der Waals surface area contributed by atoms with Crippen molar-refractivity contribution >= 4 is 47.0 Å². The summed E-state index contributed by atoms with van der Waals surface area (Å²) >= 11 is 1.68. The van der Waals surface area contributed by atoms with E-state index in [-0.39, 0.29) is 29.8 Å². The molecule has 0 atom stereocenters. The predicted molar refractivity (Wildman–Crippen MR) is 117 cm³/mol. The fourth-order valence-corrected chi connectivity index (χ4v) is 3.62. The molecule has 2 heterocycles. The number of hydrogen-bond acceptors (Lipinski definition) is 4. The van der Waals surface area contributed by atoms with Gasteiger partial charge in [0, 0.05) is 43.8 Å². The molecule has 1 saturated heterocycles. The minimum Gasteiger partial charge on any atom is -0.366 e. The lowest BCUT2D eigenvalue weighted by Gasteiger charge is -2.37. The van der Waals surface area contributed by atoms with Crippen LogP contribution < -0.4 is 10.2 Å². The van der Waals surface area contributed by atoms with Crippen molar-refractivity contribution < 1.29 is 4.39 Å². The highest BCUT2D eigenvalue weighted by atomic mass is 127. The minimum absolute atomic E-state index is 0. The average molecular weight is 489 g/mol. The number of piperazine rings is 1. The number of hydrogen-bond donors (Lipinski definition) is 1. The zero-order valence-corrected chi connectivity index (χ0v) is 18.3. The Morgan fingerprint density at radius 1 is 1.27 bits per heavy atom. The summed E-state index contributed by atoms with van der Waals surface area (Å²) in [4.78, 5) is 14.6. The van der Waals surface area contributed by atoms with Gasteiger partial charge in [-0.05, 0) is 26.0 Å². The van der Waals surface area contributed by atoms with Crippen molar-refractivity contribution in [1.82, 2.24) is 15.2 Å². The SMILES string of the molecule is CCNC(=NCc1ncc(C)s1)N1CCN(c2ccccc2F)CC1.I. The molecule has 142 valence electrons. The average Bonchev–Trinajstić information content (AvgIpc) is 3.05. The van der Waals surface area contributed by atoms with Crippen LogP contribution in [0.2, 0.25) is 0 Å². The molecule has 8 heteroatoms. The van der Waals surface area contributed by atoms with Crippen LogP contribution in [0.3, 0.4) is 0 Å². The highest BCUT2D eigenvalue weighted by Crippen LogP contribution is 2.20. The topological polar surface area (TPSA) is 43.8 Å². The second-order valence-electron chi connectivity index (χ2n) is 5.96. The molecular weight excluding hydrogens is 464 g/mol. The Balaban J connectivity index is 0.00000243. The monoisotopic (exact) mass is 489 g/mol. The maximum Gasteiger partial charge on any atom is 0.194 e. The number of nitrogens with one attached hydrogen (secondary N) is 1. The first-order valence-electron chi connectivity index (χ1n) is 8.61. The molecule has 26 heavy (non-hydrogen) atoms. The van der Waals surface area contributed by atoms with Crippen LogP contribution in [0.1, 0.15) is 16.8 Å². The summed E-state index contributed by atoms with van der Waals surface area (Å²) < 4.78 is 14.0. The molecule has 0 amide bonds. The summed E-state index contributed by atoms with van der Waals surface area (Å²) in [7, 11) is 0. The van der Waals surface area contributed by atoms with Gasteiger partial charge < -0.3 is 15.1 Å². The van der Waals surface area contributed by atoms with E-state index < -0.39 is 0 Å². The summed E-state index contributed by atoms with van der Waals surface area (Å²) in [6.07, 6.45) is 1.88. The summed E-state index contributed by atoms with van der Waals surface area (Å²) in [5, 5.41) is 4.38. The highest BCUT2D eigenvalue weighted by Gasteiger charge is 2.21.